The summed E-state index contributed by atoms with van der Waals surface area (Å²) in [6, 6.07) is 30.0. The minimum atomic E-state index is -0.536. The van der Waals surface area contributed by atoms with Crippen molar-refractivity contribution in [3.8, 4) is 11.5 Å². The van der Waals surface area contributed by atoms with Gasteiger partial charge in [0.1, 0.15) is 11.5 Å². The summed E-state index contributed by atoms with van der Waals surface area (Å²) in [5, 5.41) is 7.07. The Morgan fingerprint density at radius 1 is 0.667 bits per heavy atom. The van der Waals surface area contributed by atoms with Crippen LogP contribution in [-0.2, 0) is 22.6 Å². The van der Waals surface area contributed by atoms with Crippen LogP contribution in [-0.4, -0.2) is 57.3 Å². The highest BCUT2D eigenvalue weighted by molar-refractivity contribution is 9.11. The van der Waals surface area contributed by atoms with E-state index in [2.05, 4.69) is 58.4 Å². The lowest BCUT2D eigenvalue weighted by molar-refractivity contribution is 0.0591. The number of urea groups is 2. The number of ether oxygens (including phenoxy) is 4. The number of hydrogen-bond acceptors (Lipinski definition) is 8. The zero-order valence-electron chi connectivity index (χ0n) is 35.2. The van der Waals surface area contributed by atoms with Gasteiger partial charge < -0.3 is 34.5 Å². The predicted octanol–water partition coefficient (Wildman–Crippen LogP) is 14.0. The smallest absolute Gasteiger partial charge is 0.337 e. The van der Waals surface area contributed by atoms with E-state index in [-0.39, 0.29) is 18.7 Å². The number of para-hydroxylation sites is 2. The van der Waals surface area contributed by atoms with E-state index in [4.69, 9.17) is 65.4 Å². The zero-order valence-corrected chi connectivity index (χ0v) is 43.0. The number of esters is 2. The van der Waals surface area contributed by atoms with Gasteiger partial charge in [-0.25, -0.2) is 19.2 Å². The molecule has 6 aromatic rings. The van der Waals surface area contributed by atoms with Crippen molar-refractivity contribution in [2.75, 3.05) is 38.7 Å². The van der Waals surface area contributed by atoms with Gasteiger partial charge in [-0.05, 0) is 89.5 Å². The van der Waals surface area contributed by atoms with E-state index < -0.39 is 30.0 Å². The van der Waals surface area contributed by atoms with Crippen LogP contribution in [0.1, 0.15) is 49.0 Å². The summed E-state index contributed by atoms with van der Waals surface area (Å²) in [4.78, 5) is 54.0. The van der Waals surface area contributed by atoms with Crippen LogP contribution < -0.4 is 25.0 Å². The Labute approximate surface area is 425 Å². The molecule has 2 N–H and O–H groups in total. The number of anilines is 3. The Morgan fingerprint density at radius 3 is 1.67 bits per heavy atom. The maximum Gasteiger partial charge on any atom is 0.337 e. The number of carbonyl (C=O) groups excluding carboxylic acids is 4. The Hall–Kier alpha value is -5.00. The topological polar surface area (TPSA) is 136 Å². The lowest BCUT2D eigenvalue weighted by Gasteiger charge is -2.37. The first-order valence-corrected chi connectivity index (χ1v) is 23.3. The first-order valence-electron chi connectivity index (χ1n) is 19.4. The highest BCUT2D eigenvalue weighted by atomic mass is 79.9. The second kappa shape index (κ2) is 22.7. The summed E-state index contributed by atoms with van der Waals surface area (Å²) in [6.07, 6.45) is 0. The van der Waals surface area contributed by atoms with Gasteiger partial charge in [-0.3, -0.25) is 4.90 Å². The van der Waals surface area contributed by atoms with Gasteiger partial charge in [0.25, 0.3) is 0 Å². The van der Waals surface area contributed by atoms with Crippen molar-refractivity contribution in [2.45, 2.75) is 19.1 Å². The standard InChI is InChI=1S/C24H20Br2Cl2N2O4.C23H17BrCl2N2O4/c1-33-16-8-6-14(7-9-16)12-30(24(32)29-22-20(27)4-3-5-21(22)28)13-17-18(25)10-15(11-19(17)26)23(31)34-2;1-31-14-8-6-12(7-9-14)20-19-15(24)10-13(22(29)32-2)11-18(19)28(23(30)27-20)21-16(25)4-3-5-17(21)26/h3-11H,12-13H2,1-2H3,(H,29,32);3-11,20H,1-2H3,(H,27,30). The molecule has 0 saturated carbocycles. The van der Waals surface area contributed by atoms with Gasteiger partial charge in [0.2, 0.25) is 0 Å². The van der Waals surface area contributed by atoms with Gasteiger partial charge in [-0.1, -0.05) is 131 Å². The van der Waals surface area contributed by atoms with Crippen molar-refractivity contribution in [2.24, 2.45) is 0 Å². The molecule has 66 heavy (non-hydrogen) atoms. The maximum atomic E-state index is 13.4. The molecule has 1 atom stereocenters. The van der Waals surface area contributed by atoms with Gasteiger partial charge >= 0.3 is 24.0 Å². The Kier molecular flexibility index (Phi) is 17.3. The molecule has 342 valence electrons. The number of nitrogens with zero attached hydrogens (tertiary/aromatic N) is 2. The molecular weight excluding hydrogens is 1130 g/mol. The second-order valence-corrected chi connectivity index (χ2v) is 18.3. The number of rotatable bonds is 11. The molecule has 1 aliphatic rings. The number of fused-ring (bicyclic) bond motifs is 1. The zero-order chi connectivity index (χ0) is 47.8. The molecule has 0 fully saturated rings. The molecule has 0 saturated heterocycles. The largest absolute Gasteiger partial charge is 0.497 e. The Morgan fingerprint density at radius 2 is 1.15 bits per heavy atom. The SMILES string of the molecule is COC(=O)c1cc(Br)c(CN(Cc2ccc(OC)cc2)C(=O)Nc2c(Cl)cccc2Cl)c(Br)c1.COC(=O)c1cc(Br)c2c(c1)N(c1c(Cl)cccc1Cl)C(=O)NC2c1ccc(OC)cc1. The van der Waals surface area contributed by atoms with E-state index in [0.29, 0.717) is 67.6 Å². The van der Waals surface area contributed by atoms with Gasteiger partial charge in [0.05, 0.1) is 89.3 Å². The van der Waals surface area contributed by atoms with Crippen LogP contribution in [0.15, 0.2) is 123 Å². The fourth-order valence-electron chi connectivity index (χ4n) is 6.79. The average molecular weight is 1170 g/mol. The molecule has 6 aromatic carbocycles. The van der Waals surface area contributed by atoms with E-state index >= 15 is 0 Å². The van der Waals surface area contributed by atoms with Crippen molar-refractivity contribution in [1.82, 2.24) is 10.2 Å². The van der Waals surface area contributed by atoms with Gasteiger partial charge in [0.15, 0.2) is 0 Å². The summed E-state index contributed by atoms with van der Waals surface area (Å²) in [6.45, 7) is 0.498. The molecule has 1 aliphatic heterocycles. The van der Waals surface area contributed by atoms with Crippen LogP contribution in [0.2, 0.25) is 20.1 Å². The molecule has 19 heteroatoms. The third-order valence-corrected chi connectivity index (χ3v) is 13.4. The van der Waals surface area contributed by atoms with Crippen LogP contribution >= 0.6 is 94.2 Å². The fraction of sp³-hybridized carbons (Fsp3) is 0.149. The van der Waals surface area contributed by atoms with E-state index in [0.717, 1.165) is 22.3 Å². The first kappa shape index (κ1) is 50.4. The van der Waals surface area contributed by atoms with Crippen LogP contribution in [0.5, 0.6) is 11.5 Å². The van der Waals surface area contributed by atoms with Crippen molar-refractivity contribution in [3.05, 3.63) is 176 Å². The minimum Gasteiger partial charge on any atom is -0.497 e. The van der Waals surface area contributed by atoms with Gasteiger partial charge in [0, 0.05) is 25.5 Å². The van der Waals surface area contributed by atoms with Crippen LogP contribution in [0.25, 0.3) is 0 Å². The summed E-state index contributed by atoms with van der Waals surface area (Å²) in [5.74, 6) is 0.409. The van der Waals surface area contributed by atoms with E-state index in [9.17, 15) is 19.2 Å². The van der Waals surface area contributed by atoms with Crippen molar-refractivity contribution in [3.63, 3.8) is 0 Å². The number of benzene rings is 6. The molecule has 0 aliphatic carbocycles. The first-order chi connectivity index (χ1) is 31.6. The van der Waals surface area contributed by atoms with E-state index in [1.54, 1.807) is 79.8 Å². The van der Waals surface area contributed by atoms with Crippen LogP contribution in [0.3, 0.4) is 0 Å². The lowest BCUT2D eigenvalue weighted by Crippen LogP contribution is -2.45. The van der Waals surface area contributed by atoms with Crippen molar-refractivity contribution < 1.29 is 38.1 Å². The van der Waals surface area contributed by atoms with E-state index in [1.807, 2.05) is 48.5 Å². The quantitative estimate of drug-likeness (QED) is 0.122. The Bertz CT molecular complexity index is 2740. The molecule has 0 spiro atoms. The van der Waals surface area contributed by atoms with E-state index in [1.165, 1.54) is 19.1 Å². The van der Waals surface area contributed by atoms with Crippen molar-refractivity contribution >= 4 is 135 Å². The number of nitrogens with one attached hydrogen (secondary N) is 2. The molecule has 1 heterocycles. The average Bonchev–Trinajstić information content (AvgIpc) is 3.31. The molecule has 7 rings (SSSR count). The monoisotopic (exact) mass is 1160 g/mol. The third-order valence-electron chi connectivity index (χ3n) is 10.1. The number of halogens is 7. The van der Waals surface area contributed by atoms with Gasteiger partial charge in [-0.15, -0.1) is 0 Å². The maximum absolute atomic E-state index is 13.4. The van der Waals surface area contributed by atoms with Crippen LogP contribution in [0.4, 0.5) is 26.7 Å². The third kappa shape index (κ3) is 11.6. The predicted molar refractivity (Wildman–Crippen MR) is 268 cm³/mol. The number of amides is 4. The summed E-state index contributed by atoms with van der Waals surface area (Å²) in [5.41, 5.74) is 4.97. The van der Waals surface area contributed by atoms with Crippen molar-refractivity contribution in [1.29, 1.82) is 0 Å². The minimum absolute atomic E-state index is 0.211. The molecule has 0 bridgehead atoms. The highest BCUT2D eigenvalue weighted by Gasteiger charge is 2.37. The summed E-state index contributed by atoms with van der Waals surface area (Å²) in [7, 11) is 5.79. The number of carbonyl (C=O) groups is 4. The highest BCUT2D eigenvalue weighted by Crippen LogP contribution is 2.47. The van der Waals surface area contributed by atoms with Crippen LogP contribution in [0, 0.1) is 0 Å². The molecular formula is C47H37Br3Cl4N4O8. The molecule has 4 amide bonds. The summed E-state index contributed by atoms with van der Waals surface area (Å²) < 4.78 is 22.1. The molecule has 0 radical (unpaired) electrons. The molecule has 0 aromatic heterocycles. The fourth-order valence-corrected chi connectivity index (χ4v) is 9.96. The Balaban J connectivity index is 0.000000219. The number of hydrogen-bond donors (Lipinski definition) is 2. The van der Waals surface area contributed by atoms with Gasteiger partial charge in [-0.2, -0.15) is 0 Å². The second-order valence-electron chi connectivity index (χ2n) is 14.1. The summed E-state index contributed by atoms with van der Waals surface area (Å²) >= 11 is 36.0. The molecule has 12 nitrogen and oxygen atoms in total. The molecule has 1 unspecified atom stereocenters. The lowest BCUT2D eigenvalue weighted by atomic mass is 9.93. The normalized spacial score (nSPS) is 12.7. The number of methoxy groups -OCH3 is 4.